The lowest BCUT2D eigenvalue weighted by Crippen LogP contribution is -2.32. The van der Waals surface area contributed by atoms with E-state index in [-0.39, 0.29) is 5.91 Å². The van der Waals surface area contributed by atoms with Crippen LogP contribution in [0.4, 0.5) is 5.69 Å². The van der Waals surface area contributed by atoms with E-state index in [9.17, 15) is 4.79 Å². The normalized spacial score (nSPS) is 10.4. The molecule has 0 heterocycles. The Kier molecular flexibility index (Phi) is 5.12. The summed E-state index contributed by atoms with van der Waals surface area (Å²) in [6, 6.07) is 16.2. The summed E-state index contributed by atoms with van der Waals surface area (Å²) in [4.78, 5) is 13.8. The van der Waals surface area contributed by atoms with Gasteiger partial charge in [-0.2, -0.15) is 0 Å². The van der Waals surface area contributed by atoms with E-state index in [1.165, 1.54) is 5.56 Å². The lowest BCUT2D eigenvalue weighted by Gasteiger charge is -2.24. The van der Waals surface area contributed by atoms with Gasteiger partial charge in [0.05, 0.1) is 12.3 Å². The molecule has 21 heavy (non-hydrogen) atoms. The average molecular weight is 283 g/mol. The molecule has 0 aliphatic heterocycles. The van der Waals surface area contributed by atoms with Gasteiger partial charge in [-0.3, -0.25) is 4.79 Å². The fourth-order valence-corrected chi connectivity index (χ4v) is 2.44. The van der Waals surface area contributed by atoms with Crippen LogP contribution in [-0.2, 0) is 9.53 Å². The first-order chi connectivity index (χ1) is 10.1. The van der Waals surface area contributed by atoms with Crippen molar-refractivity contribution in [2.45, 2.75) is 13.8 Å². The molecule has 0 bridgehead atoms. The third-order valence-corrected chi connectivity index (χ3v) is 3.53. The molecular formula is C18H21NO2. The molecule has 0 saturated heterocycles. The Morgan fingerprint density at radius 1 is 1.05 bits per heavy atom. The number of rotatable bonds is 5. The molecule has 2 rings (SSSR count). The summed E-state index contributed by atoms with van der Waals surface area (Å²) in [6.45, 7) is 4.74. The van der Waals surface area contributed by atoms with Gasteiger partial charge in [-0.15, -0.1) is 0 Å². The highest BCUT2D eigenvalue weighted by molar-refractivity contribution is 5.96. The number of benzene rings is 2. The summed E-state index contributed by atoms with van der Waals surface area (Å²) in [5.41, 5.74) is 4.34. The Balaban J connectivity index is 2.49. The lowest BCUT2D eigenvalue weighted by atomic mass is 9.98. The number of para-hydroxylation sites is 1. The molecule has 0 aromatic heterocycles. The van der Waals surface area contributed by atoms with E-state index < -0.39 is 0 Å². The summed E-state index contributed by atoms with van der Waals surface area (Å²) in [6.07, 6.45) is 0. The van der Waals surface area contributed by atoms with Crippen molar-refractivity contribution in [3.05, 3.63) is 54.1 Å². The summed E-state index contributed by atoms with van der Waals surface area (Å²) in [5, 5.41) is 0. The van der Waals surface area contributed by atoms with Crippen molar-refractivity contribution in [2.24, 2.45) is 0 Å². The molecule has 1 amide bonds. The van der Waals surface area contributed by atoms with Crippen LogP contribution >= 0.6 is 0 Å². The Labute approximate surface area is 126 Å². The zero-order valence-electron chi connectivity index (χ0n) is 12.8. The maximum atomic E-state index is 12.0. The molecule has 0 aliphatic rings. The van der Waals surface area contributed by atoms with E-state index in [2.05, 4.69) is 25.1 Å². The van der Waals surface area contributed by atoms with Crippen molar-refractivity contribution in [3.8, 4) is 11.1 Å². The van der Waals surface area contributed by atoms with Crippen molar-refractivity contribution in [2.75, 3.05) is 25.2 Å². The number of carbonyl (C=O) groups excluding carboxylic acids is 1. The van der Waals surface area contributed by atoms with Crippen LogP contribution in [0.25, 0.3) is 11.1 Å². The van der Waals surface area contributed by atoms with Gasteiger partial charge >= 0.3 is 0 Å². The number of ether oxygens (including phenoxy) is 1. The minimum Gasteiger partial charge on any atom is -0.383 e. The quantitative estimate of drug-likeness (QED) is 0.838. The Bertz CT molecular complexity index is 622. The summed E-state index contributed by atoms with van der Waals surface area (Å²) < 4.78 is 5.12. The van der Waals surface area contributed by atoms with Crippen molar-refractivity contribution >= 4 is 11.6 Å². The number of carbonyl (C=O) groups is 1. The maximum absolute atomic E-state index is 12.0. The maximum Gasteiger partial charge on any atom is 0.223 e. The number of nitrogens with zero attached hydrogens (tertiary/aromatic N) is 1. The number of aryl methyl sites for hydroxylation is 1. The minimum absolute atomic E-state index is 0.0214. The van der Waals surface area contributed by atoms with Gasteiger partial charge in [0.15, 0.2) is 0 Å². The molecule has 0 saturated carbocycles. The molecule has 0 spiro atoms. The van der Waals surface area contributed by atoms with Crippen LogP contribution in [0.3, 0.4) is 0 Å². The first kappa shape index (κ1) is 15.3. The first-order valence-electron chi connectivity index (χ1n) is 7.07. The second-order valence-corrected chi connectivity index (χ2v) is 5.00. The van der Waals surface area contributed by atoms with Crippen molar-refractivity contribution in [1.29, 1.82) is 0 Å². The van der Waals surface area contributed by atoms with Gasteiger partial charge in [0, 0.05) is 26.1 Å². The molecule has 3 heteroatoms. The fourth-order valence-electron chi connectivity index (χ4n) is 2.44. The Hall–Kier alpha value is -2.13. The van der Waals surface area contributed by atoms with Gasteiger partial charge in [0.25, 0.3) is 0 Å². The Morgan fingerprint density at radius 3 is 2.29 bits per heavy atom. The van der Waals surface area contributed by atoms with Gasteiger partial charge in [-0.1, -0.05) is 42.5 Å². The molecule has 110 valence electrons. The molecule has 3 nitrogen and oxygen atoms in total. The molecule has 0 radical (unpaired) electrons. The molecule has 0 fully saturated rings. The van der Waals surface area contributed by atoms with Crippen molar-refractivity contribution in [3.63, 3.8) is 0 Å². The van der Waals surface area contributed by atoms with E-state index >= 15 is 0 Å². The van der Waals surface area contributed by atoms with E-state index in [4.69, 9.17) is 4.74 Å². The molecule has 0 N–H and O–H groups in total. The molecule has 2 aromatic carbocycles. The van der Waals surface area contributed by atoms with Crippen LogP contribution < -0.4 is 4.90 Å². The van der Waals surface area contributed by atoms with Crippen molar-refractivity contribution in [1.82, 2.24) is 0 Å². The topological polar surface area (TPSA) is 29.5 Å². The second kappa shape index (κ2) is 7.04. The predicted molar refractivity (Wildman–Crippen MR) is 86.5 cm³/mol. The zero-order chi connectivity index (χ0) is 15.2. The predicted octanol–water partition coefficient (Wildman–Crippen LogP) is 3.66. The second-order valence-electron chi connectivity index (χ2n) is 5.00. The van der Waals surface area contributed by atoms with Crippen molar-refractivity contribution < 1.29 is 9.53 Å². The van der Waals surface area contributed by atoms with E-state index in [0.29, 0.717) is 13.2 Å². The van der Waals surface area contributed by atoms with Gasteiger partial charge in [-0.25, -0.2) is 0 Å². The molecule has 0 unspecified atom stereocenters. The largest absolute Gasteiger partial charge is 0.383 e. The average Bonchev–Trinajstić information content (AvgIpc) is 2.48. The van der Waals surface area contributed by atoms with Crippen LogP contribution in [0, 0.1) is 6.92 Å². The summed E-state index contributed by atoms with van der Waals surface area (Å²) >= 11 is 0. The van der Waals surface area contributed by atoms with Gasteiger partial charge in [-0.05, 0) is 24.1 Å². The Morgan fingerprint density at radius 2 is 1.67 bits per heavy atom. The third kappa shape index (κ3) is 3.50. The number of anilines is 1. The van der Waals surface area contributed by atoms with Gasteiger partial charge < -0.3 is 9.64 Å². The first-order valence-corrected chi connectivity index (χ1v) is 7.07. The molecule has 2 aromatic rings. The highest BCUT2D eigenvalue weighted by Gasteiger charge is 2.16. The molecular weight excluding hydrogens is 262 g/mol. The highest BCUT2D eigenvalue weighted by Crippen LogP contribution is 2.32. The molecule has 0 aliphatic carbocycles. The number of hydrogen-bond acceptors (Lipinski definition) is 2. The molecule has 0 atom stereocenters. The monoisotopic (exact) mass is 283 g/mol. The SMILES string of the molecule is COCCN(C(C)=O)c1ccccc1-c1ccccc1C. The van der Waals surface area contributed by atoms with E-state index in [1.807, 2.05) is 30.3 Å². The summed E-state index contributed by atoms with van der Waals surface area (Å²) in [7, 11) is 1.64. The number of hydrogen-bond donors (Lipinski definition) is 0. The van der Waals surface area contributed by atoms with Gasteiger partial charge in [0.2, 0.25) is 5.91 Å². The smallest absolute Gasteiger partial charge is 0.223 e. The highest BCUT2D eigenvalue weighted by atomic mass is 16.5. The number of amides is 1. The fraction of sp³-hybridized carbons (Fsp3) is 0.278. The van der Waals surface area contributed by atoms with Crippen LogP contribution in [-0.4, -0.2) is 26.2 Å². The van der Waals surface area contributed by atoms with Gasteiger partial charge in [0.1, 0.15) is 0 Å². The number of methoxy groups -OCH3 is 1. The van der Waals surface area contributed by atoms with Crippen LogP contribution in [0.15, 0.2) is 48.5 Å². The third-order valence-electron chi connectivity index (χ3n) is 3.53. The summed E-state index contributed by atoms with van der Waals surface area (Å²) in [5.74, 6) is 0.0214. The minimum atomic E-state index is 0.0214. The van der Waals surface area contributed by atoms with E-state index in [0.717, 1.165) is 16.8 Å². The lowest BCUT2D eigenvalue weighted by molar-refractivity contribution is -0.116. The standard InChI is InChI=1S/C18H21NO2/c1-14-8-4-5-9-16(14)17-10-6-7-11-18(17)19(15(2)20)12-13-21-3/h4-11H,12-13H2,1-3H3. The zero-order valence-corrected chi connectivity index (χ0v) is 12.8. The van der Waals surface area contributed by atoms with E-state index in [1.54, 1.807) is 18.9 Å². The van der Waals surface area contributed by atoms with Crippen LogP contribution in [0.5, 0.6) is 0 Å². The van der Waals surface area contributed by atoms with Crippen LogP contribution in [0.1, 0.15) is 12.5 Å². The van der Waals surface area contributed by atoms with Crippen LogP contribution in [0.2, 0.25) is 0 Å².